The summed E-state index contributed by atoms with van der Waals surface area (Å²) in [6.07, 6.45) is -1.15. The Hall–Kier alpha value is -1.93. The minimum atomic E-state index is -4.52. The summed E-state index contributed by atoms with van der Waals surface area (Å²) in [6, 6.07) is 3.79. The van der Waals surface area contributed by atoms with Crippen LogP contribution in [0.3, 0.4) is 0 Å². The van der Waals surface area contributed by atoms with E-state index in [1.807, 2.05) is 6.92 Å². The summed E-state index contributed by atoms with van der Waals surface area (Å²) in [6.45, 7) is 2.61. The maximum Gasteiger partial charge on any atom is 0.410 e. The highest BCUT2D eigenvalue weighted by Crippen LogP contribution is 2.44. The van der Waals surface area contributed by atoms with Gasteiger partial charge < -0.3 is 10.2 Å². The standard InChI is InChI=1S/C21H23Cl2F3N4O/c1-2-13-5-3-4-8-29(13)20(31)17-11-19-27-16(12-6-7-14(22)15(23)9-12)10-18(21(24,25)26)30(19)28-17/h6-7,9,11,13,16,18,27H,2-5,8,10H2,1H3. The topological polar surface area (TPSA) is 50.2 Å². The number of carbonyl (C=O) groups is 1. The van der Waals surface area contributed by atoms with E-state index in [9.17, 15) is 18.0 Å². The number of hydrogen-bond donors (Lipinski definition) is 1. The first kappa shape index (κ1) is 22.3. The SMILES string of the molecule is CCC1CCCCN1C(=O)c1cc2n(n1)C(C(F)(F)F)CC(c1ccc(Cl)c(Cl)c1)N2. The maximum atomic E-state index is 13.9. The van der Waals surface area contributed by atoms with Crippen LogP contribution in [-0.2, 0) is 0 Å². The molecule has 1 aromatic carbocycles. The number of piperidine rings is 1. The van der Waals surface area contributed by atoms with E-state index in [0.29, 0.717) is 17.1 Å². The predicted octanol–water partition coefficient (Wildman–Crippen LogP) is 6.25. The highest BCUT2D eigenvalue weighted by atomic mass is 35.5. The number of amides is 1. The lowest BCUT2D eigenvalue weighted by Crippen LogP contribution is -2.43. The number of alkyl halides is 3. The fourth-order valence-corrected chi connectivity index (χ4v) is 4.77. The number of hydrogen-bond acceptors (Lipinski definition) is 3. The van der Waals surface area contributed by atoms with Crippen LogP contribution in [0.15, 0.2) is 24.3 Å². The number of aromatic nitrogens is 2. The van der Waals surface area contributed by atoms with Gasteiger partial charge in [0.25, 0.3) is 5.91 Å². The zero-order chi connectivity index (χ0) is 22.3. The summed E-state index contributed by atoms with van der Waals surface area (Å²) in [5.41, 5.74) is 0.623. The van der Waals surface area contributed by atoms with Gasteiger partial charge in [-0.15, -0.1) is 0 Å². The Kier molecular flexibility index (Phi) is 6.14. The first-order chi connectivity index (χ1) is 14.7. The molecule has 1 fully saturated rings. The smallest absolute Gasteiger partial charge is 0.363 e. The number of fused-ring (bicyclic) bond motifs is 1. The first-order valence-corrected chi connectivity index (χ1v) is 11.1. The van der Waals surface area contributed by atoms with Gasteiger partial charge in [-0.1, -0.05) is 36.2 Å². The molecular weight excluding hydrogens is 452 g/mol. The first-order valence-electron chi connectivity index (χ1n) is 10.4. The molecule has 10 heteroatoms. The van der Waals surface area contributed by atoms with Crippen LogP contribution in [0, 0.1) is 0 Å². The van der Waals surface area contributed by atoms with Crippen LogP contribution >= 0.6 is 23.2 Å². The van der Waals surface area contributed by atoms with E-state index in [4.69, 9.17) is 23.2 Å². The third-order valence-corrected chi connectivity index (χ3v) is 6.85. The number of carbonyl (C=O) groups excluding carboxylic acids is 1. The summed E-state index contributed by atoms with van der Waals surface area (Å²) >= 11 is 12.0. The zero-order valence-electron chi connectivity index (χ0n) is 16.9. The number of anilines is 1. The lowest BCUT2D eigenvalue weighted by atomic mass is 9.97. The van der Waals surface area contributed by atoms with Crippen LogP contribution in [0.5, 0.6) is 0 Å². The molecule has 3 atom stereocenters. The molecule has 168 valence electrons. The average molecular weight is 475 g/mol. The summed E-state index contributed by atoms with van der Waals surface area (Å²) in [7, 11) is 0. The number of nitrogens with zero attached hydrogens (tertiary/aromatic N) is 3. The quantitative estimate of drug-likeness (QED) is 0.571. The van der Waals surface area contributed by atoms with Crippen LogP contribution < -0.4 is 5.32 Å². The number of benzene rings is 1. The molecular formula is C21H23Cl2F3N4O. The lowest BCUT2D eigenvalue weighted by Gasteiger charge is -2.34. The molecule has 0 bridgehead atoms. The van der Waals surface area contributed by atoms with Crippen molar-refractivity contribution in [3.63, 3.8) is 0 Å². The summed E-state index contributed by atoms with van der Waals surface area (Å²) in [5.74, 6) is -0.152. The number of nitrogens with one attached hydrogen (secondary N) is 1. The number of rotatable bonds is 3. The molecule has 1 aromatic heterocycles. The molecule has 0 aliphatic carbocycles. The van der Waals surface area contributed by atoms with Crippen molar-refractivity contribution < 1.29 is 18.0 Å². The molecule has 3 unspecified atom stereocenters. The normalized spacial score (nSPS) is 23.9. The van der Waals surface area contributed by atoms with Crippen molar-refractivity contribution in [2.45, 2.75) is 63.3 Å². The largest absolute Gasteiger partial charge is 0.410 e. The van der Waals surface area contributed by atoms with Crippen LogP contribution in [0.25, 0.3) is 0 Å². The Balaban J connectivity index is 1.67. The minimum Gasteiger partial charge on any atom is -0.363 e. The van der Waals surface area contributed by atoms with Crippen LogP contribution in [0.2, 0.25) is 10.0 Å². The van der Waals surface area contributed by atoms with Crippen molar-refractivity contribution in [1.29, 1.82) is 0 Å². The van der Waals surface area contributed by atoms with Gasteiger partial charge in [-0.05, 0) is 43.4 Å². The van der Waals surface area contributed by atoms with E-state index in [1.54, 1.807) is 23.1 Å². The van der Waals surface area contributed by atoms with Gasteiger partial charge in [-0.25, -0.2) is 4.68 Å². The van der Waals surface area contributed by atoms with Crippen LogP contribution in [-0.4, -0.2) is 39.4 Å². The molecule has 2 aliphatic rings. The second-order valence-corrected chi connectivity index (χ2v) is 8.89. The number of likely N-dealkylation sites (tertiary alicyclic amines) is 1. The predicted molar refractivity (Wildman–Crippen MR) is 114 cm³/mol. The molecule has 31 heavy (non-hydrogen) atoms. The van der Waals surface area contributed by atoms with Gasteiger partial charge in [0, 0.05) is 25.1 Å². The van der Waals surface area contributed by atoms with Gasteiger partial charge in [0.1, 0.15) is 5.82 Å². The molecule has 0 spiro atoms. The molecule has 4 rings (SSSR count). The van der Waals surface area contributed by atoms with Gasteiger partial charge >= 0.3 is 6.18 Å². The van der Waals surface area contributed by atoms with Crippen molar-refractivity contribution >= 4 is 34.9 Å². The zero-order valence-corrected chi connectivity index (χ0v) is 18.4. The van der Waals surface area contributed by atoms with E-state index in [2.05, 4.69) is 10.4 Å². The third kappa shape index (κ3) is 4.37. The monoisotopic (exact) mass is 474 g/mol. The third-order valence-electron chi connectivity index (χ3n) is 6.11. The maximum absolute atomic E-state index is 13.9. The van der Waals surface area contributed by atoms with E-state index >= 15 is 0 Å². The van der Waals surface area contributed by atoms with Gasteiger partial charge in [-0.2, -0.15) is 18.3 Å². The molecule has 5 nitrogen and oxygen atoms in total. The van der Waals surface area contributed by atoms with Crippen molar-refractivity contribution in [3.05, 3.63) is 45.6 Å². The molecule has 0 saturated carbocycles. The van der Waals surface area contributed by atoms with Gasteiger partial charge in [0.15, 0.2) is 11.7 Å². The van der Waals surface area contributed by atoms with E-state index < -0.39 is 18.3 Å². The van der Waals surface area contributed by atoms with Crippen molar-refractivity contribution in [2.75, 3.05) is 11.9 Å². The molecule has 0 radical (unpaired) electrons. The Bertz CT molecular complexity index is 978. The van der Waals surface area contributed by atoms with Crippen molar-refractivity contribution in [1.82, 2.24) is 14.7 Å². The van der Waals surface area contributed by atoms with Crippen molar-refractivity contribution in [2.24, 2.45) is 0 Å². The molecule has 1 amide bonds. The summed E-state index contributed by atoms with van der Waals surface area (Å²) in [5, 5.41) is 7.80. The van der Waals surface area contributed by atoms with Gasteiger partial charge in [0.05, 0.1) is 16.1 Å². The van der Waals surface area contributed by atoms with E-state index in [-0.39, 0.29) is 34.9 Å². The molecule has 2 aromatic rings. The fraction of sp³-hybridized carbons (Fsp3) is 0.524. The summed E-state index contributed by atoms with van der Waals surface area (Å²) < 4.78 is 42.6. The summed E-state index contributed by atoms with van der Waals surface area (Å²) in [4.78, 5) is 14.8. The average Bonchev–Trinajstić information content (AvgIpc) is 3.17. The van der Waals surface area contributed by atoms with Gasteiger partial charge in [-0.3, -0.25) is 4.79 Å². The Labute approximate surface area is 188 Å². The highest BCUT2D eigenvalue weighted by molar-refractivity contribution is 6.42. The van der Waals surface area contributed by atoms with Gasteiger partial charge in [0.2, 0.25) is 0 Å². The number of halogens is 5. The lowest BCUT2D eigenvalue weighted by molar-refractivity contribution is -0.173. The molecule has 1 saturated heterocycles. The molecule has 1 N–H and O–H groups in total. The second kappa shape index (κ2) is 8.54. The fourth-order valence-electron chi connectivity index (χ4n) is 4.47. The van der Waals surface area contributed by atoms with Crippen LogP contribution in [0.1, 0.15) is 67.2 Å². The minimum absolute atomic E-state index is 0.0342. The van der Waals surface area contributed by atoms with Crippen LogP contribution in [0.4, 0.5) is 19.0 Å². The molecule has 2 aliphatic heterocycles. The Morgan fingerprint density at radius 2 is 2.00 bits per heavy atom. The molecule has 3 heterocycles. The van der Waals surface area contributed by atoms with E-state index in [0.717, 1.165) is 30.4 Å². The van der Waals surface area contributed by atoms with Crippen molar-refractivity contribution in [3.8, 4) is 0 Å². The second-order valence-electron chi connectivity index (χ2n) is 8.08. The Morgan fingerprint density at radius 3 is 2.68 bits per heavy atom. The highest BCUT2D eigenvalue weighted by Gasteiger charge is 2.47. The van der Waals surface area contributed by atoms with E-state index in [1.165, 1.54) is 6.07 Å². The Morgan fingerprint density at radius 1 is 1.23 bits per heavy atom.